The fourth-order valence-corrected chi connectivity index (χ4v) is 4.48. The van der Waals surface area contributed by atoms with Gasteiger partial charge in [-0.2, -0.15) is 0 Å². The van der Waals surface area contributed by atoms with Crippen molar-refractivity contribution >= 4 is 34.8 Å². The van der Waals surface area contributed by atoms with Crippen LogP contribution in [0.2, 0.25) is 0 Å². The Balaban J connectivity index is 1.55. The first-order chi connectivity index (χ1) is 18.4. The molecular formula is C29H25F2N7. The van der Waals surface area contributed by atoms with Gasteiger partial charge >= 0.3 is 0 Å². The first-order valence-electron chi connectivity index (χ1n) is 11.8. The molecule has 1 aliphatic rings. The number of nitrogens with one attached hydrogen (secondary N) is 3. The topological polar surface area (TPSA) is 103 Å². The van der Waals surface area contributed by atoms with Gasteiger partial charge in [-0.3, -0.25) is 5.41 Å². The van der Waals surface area contributed by atoms with E-state index >= 15 is 4.39 Å². The minimum Gasteiger partial charge on any atom is -0.364 e. The van der Waals surface area contributed by atoms with Crippen molar-refractivity contribution in [1.29, 1.82) is 5.41 Å². The average Bonchev–Trinajstić information content (AvgIpc) is 2.93. The summed E-state index contributed by atoms with van der Waals surface area (Å²) in [5, 5.41) is 12.0. The summed E-state index contributed by atoms with van der Waals surface area (Å²) in [6.07, 6.45) is 3.26. The number of hydrazine groups is 1. The summed E-state index contributed by atoms with van der Waals surface area (Å²) in [5.41, 5.74) is 7.53. The highest BCUT2D eigenvalue weighted by Crippen LogP contribution is 2.38. The van der Waals surface area contributed by atoms with E-state index in [0.29, 0.717) is 28.5 Å². The van der Waals surface area contributed by atoms with Gasteiger partial charge in [0.05, 0.1) is 23.5 Å². The summed E-state index contributed by atoms with van der Waals surface area (Å²) in [6, 6.07) is 18.4. The molecule has 5 rings (SSSR count). The molecular weight excluding hydrogens is 484 g/mol. The van der Waals surface area contributed by atoms with Crippen molar-refractivity contribution in [2.75, 3.05) is 22.2 Å². The second-order valence-electron chi connectivity index (χ2n) is 8.79. The van der Waals surface area contributed by atoms with Gasteiger partial charge in [0.1, 0.15) is 23.8 Å². The predicted octanol–water partition coefficient (Wildman–Crippen LogP) is 5.71. The van der Waals surface area contributed by atoms with Gasteiger partial charge in [-0.1, -0.05) is 49.0 Å². The molecule has 0 saturated carbocycles. The summed E-state index contributed by atoms with van der Waals surface area (Å²) >= 11 is 0. The Morgan fingerprint density at radius 2 is 1.82 bits per heavy atom. The maximum absolute atomic E-state index is 15.1. The molecule has 3 aromatic carbocycles. The van der Waals surface area contributed by atoms with Crippen molar-refractivity contribution < 1.29 is 8.78 Å². The van der Waals surface area contributed by atoms with Gasteiger partial charge in [0, 0.05) is 22.5 Å². The molecule has 0 aliphatic carbocycles. The first kappa shape index (κ1) is 24.8. The molecule has 0 radical (unpaired) electrons. The molecule has 2 heterocycles. The zero-order valence-corrected chi connectivity index (χ0v) is 20.6. The minimum absolute atomic E-state index is 0.0190. The Morgan fingerprint density at radius 3 is 2.61 bits per heavy atom. The van der Waals surface area contributed by atoms with E-state index in [4.69, 9.17) is 11.3 Å². The second-order valence-corrected chi connectivity index (χ2v) is 8.79. The lowest BCUT2D eigenvalue weighted by molar-refractivity contribution is 0.627. The van der Waals surface area contributed by atoms with E-state index < -0.39 is 5.82 Å². The smallest absolute Gasteiger partial charge is 0.155 e. The van der Waals surface area contributed by atoms with E-state index in [0.717, 1.165) is 16.7 Å². The highest BCUT2D eigenvalue weighted by Gasteiger charge is 2.26. The van der Waals surface area contributed by atoms with Crippen LogP contribution in [0.4, 0.5) is 26.1 Å². The summed E-state index contributed by atoms with van der Waals surface area (Å²) in [7, 11) is 0. The van der Waals surface area contributed by atoms with Crippen molar-refractivity contribution in [1.82, 2.24) is 9.97 Å². The largest absolute Gasteiger partial charge is 0.364 e. The molecule has 4 aromatic rings. The lowest BCUT2D eigenvalue weighted by Gasteiger charge is -2.34. The molecule has 0 unspecified atom stereocenters. The summed E-state index contributed by atoms with van der Waals surface area (Å²) in [6.45, 7) is 6.38. The second kappa shape index (κ2) is 10.2. The number of aromatic nitrogens is 2. The van der Waals surface area contributed by atoms with Crippen molar-refractivity contribution in [3.8, 4) is 0 Å². The maximum atomic E-state index is 15.1. The van der Waals surface area contributed by atoms with Crippen LogP contribution in [0.1, 0.15) is 27.8 Å². The number of nitrogens with two attached hydrogens (primary N) is 1. The zero-order chi connectivity index (χ0) is 26.8. The van der Waals surface area contributed by atoms with Crippen LogP contribution in [0, 0.1) is 24.0 Å². The molecule has 0 spiro atoms. The molecule has 0 fully saturated rings. The maximum Gasteiger partial charge on any atom is 0.155 e. The molecule has 7 nitrogen and oxygen atoms in total. The Kier molecular flexibility index (Phi) is 6.68. The van der Waals surface area contributed by atoms with Gasteiger partial charge in [-0.25, -0.2) is 24.6 Å². The summed E-state index contributed by atoms with van der Waals surface area (Å²) in [5.74, 6) is 5.34. The van der Waals surface area contributed by atoms with Crippen LogP contribution < -0.4 is 21.5 Å². The van der Waals surface area contributed by atoms with E-state index in [-0.39, 0.29) is 29.5 Å². The Labute approximate surface area is 218 Å². The van der Waals surface area contributed by atoms with Crippen molar-refractivity contribution in [3.05, 3.63) is 125 Å². The molecule has 190 valence electrons. The summed E-state index contributed by atoms with van der Waals surface area (Å²) in [4.78, 5) is 10.3. The molecule has 5 N–H and O–H groups in total. The van der Waals surface area contributed by atoms with Gasteiger partial charge in [0.25, 0.3) is 0 Å². The molecule has 0 amide bonds. The zero-order valence-electron chi connectivity index (χ0n) is 20.6. The number of hydrogen-bond acceptors (Lipinski definition) is 7. The number of halogens is 2. The standard InChI is InChI=1S/C29H25F2N7/c1-17-10-11-24(31)25(12-17)38-18(2)23-9-4-3-6-19(23)14-22(38)15-34-28-26(29(37-33)36-16-35-28)27(32)20-7-5-8-21(30)13-20/h3-14,16,32H,2,15,33H2,1H3,(H2,34,35,36,37). The number of fused-ring (bicyclic) bond motifs is 1. The van der Waals surface area contributed by atoms with Gasteiger partial charge in [0.15, 0.2) is 5.82 Å². The van der Waals surface area contributed by atoms with Gasteiger partial charge < -0.3 is 15.6 Å². The van der Waals surface area contributed by atoms with E-state index in [9.17, 15) is 4.39 Å². The number of nitrogens with zero attached hydrogens (tertiary/aromatic N) is 3. The number of anilines is 3. The van der Waals surface area contributed by atoms with Gasteiger partial charge in [-0.05, 0) is 48.4 Å². The number of benzene rings is 3. The third kappa shape index (κ3) is 4.62. The lowest BCUT2D eigenvalue weighted by Crippen LogP contribution is -2.29. The Hall–Kier alpha value is -4.89. The van der Waals surface area contributed by atoms with Crippen LogP contribution in [-0.4, -0.2) is 22.2 Å². The third-order valence-corrected chi connectivity index (χ3v) is 6.28. The van der Waals surface area contributed by atoms with E-state index in [1.807, 2.05) is 37.3 Å². The van der Waals surface area contributed by atoms with Gasteiger partial charge in [-0.15, -0.1) is 0 Å². The number of hydrogen-bond donors (Lipinski definition) is 4. The summed E-state index contributed by atoms with van der Waals surface area (Å²) < 4.78 is 29.0. The van der Waals surface area contributed by atoms with Crippen molar-refractivity contribution in [2.24, 2.45) is 5.84 Å². The van der Waals surface area contributed by atoms with Crippen LogP contribution in [-0.2, 0) is 0 Å². The number of aryl methyl sites for hydroxylation is 1. The SMILES string of the molecule is C=C1c2ccccc2C=C(CNc2ncnc(NN)c2C(=N)c2cccc(F)c2)N1c1cc(C)ccc1F. The van der Waals surface area contributed by atoms with Gasteiger partial charge in [0.2, 0.25) is 0 Å². The Bertz CT molecular complexity index is 1600. The predicted molar refractivity (Wildman–Crippen MR) is 148 cm³/mol. The van der Waals surface area contributed by atoms with Crippen LogP contribution >= 0.6 is 0 Å². The average molecular weight is 510 g/mol. The quantitative estimate of drug-likeness (QED) is 0.145. The van der Waals surface area contributed by atoms with Crippen molar-refractivity contribution in [2.45, 2.75) is 6.92 Å². The fraction of sp³-hybridized carbons (Fsp3) is 0.0690. The Morgan fingerprint density at radius 1 is 1.03 bits per heavy atom. The molecule has 0 atom stereocenters. The van der Waals surface area contributed by atoms with Crippen molar-refractivity contribution in [3.63, 3.8) is 0 Å². The van der Waals surface area contributed by atoms with Crippen LogP contribution in [0.5, 0.6) is 0 Å². The van der Waals surface area contributed by atoms with E-state index in [2.05, 4.69) is 27.3 Å². The molecule has 0 saturated heterocycles. The monoisotopic (exact) mass is 509 g/mol. The van der Waals surface area contributed by atoms with E-state index in [1.54, 1.807) is 23.1 Å². The molecule has 1 aromatic heterocycles. The molecule has 38 heavy (non-hydrogen) atoms. The highest BCUT2D eigenvalue weighted by molar-refractivity contribution is 6.16. The first-order valence-corrected chi connectivity index (χ1v) is 11.8. The van der Waals surface area contributed by atoms with Crippen LogP contribution in [0.3, 0.4) is 0 Å². The highest BCUT2D eigenvalue weighted by atomic mass is 19.1. The van der Waals surface area contributed by atoms with E-state index in [1.165, 1.54) is 30.6 Å². The lowest BCUT2D eigenvalue weighted by atomic mass is 9.97. The van der Waals surface area contributed by atoms with Crippen LogP contribution in [0.25, 0.3) is 11.8 Å². The number of nitrogen functional groups attached to an aromatic ring is 1. The minimum atomic E-state index is -0.471. The fourth-order valence-electron chi connectivity index (χ4n) is 4.48. The molecule has 1 aliphatic heterocycles. The normalized spacial score (nSPS) is 12.6. The molecule has 9 heteroatoms. The molecule has 0 bridgehead atoms. The number of rotatable bonds is 7. The van der Waals surface area contributed by atoms with Crippen LogP contribution in [0.15, 0.2) is 85.3 Å². The third-order valence-electron chi connectivity index (χ3n) is 6.28.